The van der Waals surface area contributed by atoms with Crippen LogP contribution in [-0.2, 0) is 50.6 Å². The topological polar surface area (TPSA) is 79.3 Å². The minimum atomic E-state index is -0.332. The number of thioether (sulfide) groups is 1. The van der Waals surface area contributed by atoms with Crippen LogP contribution in [0.3, 0.4) is 0 Å². The number of hydrogen-bond donors (Lipinski definition) is 0. The number of aryl methyl sites for hydroxylation is 5. The molecule has 1 aliphatic heterocycles. The molecule has 9 nitrogen and oxygen atoms in total. The van der Waals surface area contributed by atoms with E-state index in [0.717, 1.165) is 78.3 Å². The molecule has 0 saturated carbocycles. The van der Waals surface area contributed by atoms with Crippen LogP contribution in [0.15, 0.2) is 59.5 Å². The fraction of sp³-hybridized carbons (Fsp3) is 0.359. The lowest BCUT2D eigenvalue weighted by molar-refractivity contribution is 0.0587. The van der Waals surface area contributed by atoms with Crippen LogP contribution in [-0.4, -0.2) is 55.8 Å². The van der Waals surface area contributed by atoms with Gasteiger partial charge in [0, 0.05) is 77.6 Å². The third-order valence-corrected chi connectivity index (χ3v) is 10.8. The summed E-state index contributed by atoms with van der Waals surface area (Å²) < 4.78 is 18.0. The van der Waals surface area contributed by atoms with Crippen molar-refractivity contribution in [1.82, 2.24) is 29.0 Å². The number of carbonyl (C=O) groups excluding carboxylic acids is 1. The first-order valence-corrected chi connectivity index (χ1v) is 17.9. The molecule has 7 rings (SSSR count). The van der Waals surface area contributed by atoms with Crippen molar-refractivity contribution in [3.05, 3.63) is 94.2 Å². The summed E-state index contributed by atoms with van der Waals surface area (Å²) in [5.74, 6) is 1.33. The Balaban J connectivity index is 1.40. The maximum Gasteiger partial charge on any atom is 0.354 e. The number of aromatic nitrogens is 5. The predicted octanol–water partition coefficient (Wildman–Crippen LogP) is 7.60. The molecule has 0 saturated heterocycles. The summed E-state index contributed by atoms with van der Waals surface area (Å²) in [6, 6.07) is 19.4. The molecule has 0 fully saturated rings. The van der Waals surface area contributed by atoms with Crippen molar-refractivity contribution < 1.29 is 14.3 Å². The van der Waals surface area contributed by atoms with E-state index in [1.807, 2.05) is 23.5 Å². The monoisotopic (exact) mass is 676 g/mol. The highest BCUT2D eigenvalue weighted by Gasteiger charge is 2.28. The number of esters is 1. The number of ether oxygens (including phenoxy) is 2. The summed E-state index contributed by atoms with van der Waals surface area (Å²) in [5, 5.41) is 13.3. The van der Waals surface area contributed by atoms with Gasteiger partial charge in [0.05, 0.1) is 25.1 Å². The molecular weight excluding hydrogens is 633 g/mol. The van der Waals surface area contributed by atoms with Crippen LogP contribution in [0.1, 0.15) is 57.7 Å². The summed E-state index contributed by atoms with van der Waals surface area (Å²) in [6.07, 6.45) is 1.56. The molecule has 4 heterocycles. The molecule has 0 aliphatic carbocycles. The van der Waals surface area contributed by atoms with Crippen LogP contribution in [0.2, 0.25) is 0 Å². The molecule has 254 valence electrons. The average Bonchev–Trinajstić information content (AvgIpc) is 3.68. The second-order valence-corrected chi connectivity index (χ2v) is 14.1. The predicted molar refractivity (Wildman–Crippen MR) is 196 cm³/mol. The molecule has 8 bridgehead atoms. The van der Waals surface area contributed by atoms with E-state index >= 15 is 0 Å². The fourth-order valence-corrected chi connectivity index (χ4v) is 8.34. The van der Waals surface area contributed by atoms with Crippen molar-refractivity contribution in [2.45, 2.75) is 63.9 Å². The molecule has 0 spiro atoms. The maximum absolute atomic E-state index is 13.5. The largest absolute Gasteiger partial charge is 0.493 e. The SMILES string of the molecule is CCc1ccc2c3c(C)c(C(=O)OC)n2CCCOc2cc(cc4ccccc24)SCc2cc(nn2C)CN(C)Cc2nn(C)c(C)c2-c13. The van der Waals surface area contributed by atoms with Gasteiger partial charge in [-0.15, -0.1) is 11.8 Å². The van der Waals surface area contributed by atoms with E-state index in [1.54, 1.807) is 11.8 Å². The van der Waals surface area contributed by atoms with E-state index in [1.165, 1.54) is 18.4 Å². The highest BCUT2D eigenvalue weighted by molar-refractivity contribution is 7.98. The minimum absolute atomic E-state index is 0.332. The first kappa shape index (κ1) is 33.0. The van der Waals surface area contributed by atoms with Gasteiger partial charge in [0.1, 0.15) is 11.4 Å². The summed E-state index contributed by atoms with van der Waals surface area (Å²) >= 11 is 1.79. The van der Waals surface area contributed by atoms with Gasteiger partial charge < -0.3 is 14.0 Å². The van der Waals surface area contributed by atoms with Crippen LogP contribution in [0.4, 0.5) is 0 Å². The zero-order valence-corrected chi connectivity index (χ0v) is 30.3. The van der Waals surface area contributed by atoms with Crippen LogP contribution in [0, 0.1) is 13.8 Å². The Hall–Kier alpha value is -4.54. The average molecular weight is 677 g/mol. The first-order valence-electron chi connectivity index (χ1n) is 16.9. The number of nitrogens with zero attached hydrogens (tertiary/aromatic N) is 6. The highest BCUT2D eigenvalue weighted by atomic mass is 32.2. The van der Waals surface area contributed by atoms with Gasteiger partial charge in [-0.1, -0.05) is 37.3 Å². The van der Waals surface area contributed by atoms with Gasteiger partial charge in [0.25, 0.3) is 0 Å². The van der Waals surface area contributed by atoms with Crippen LogP contribution in [0.25, 0.3) is 32.8 Å². The van der Waals surface area contributed by atoms with E-state index in [-0.39, 0.29) is 5.97 Å². The molecule has 49 heavy (non-hydrogen) atoms. The third kappa shape index (κ3) is 6.01. The van der Waals surface area contributed by atoms with Crippen molar-refractivity contribution >= 4 is 39.4 Å². The highest BCUT2D eigenvalue weighted by Crippen LogP contribution is 2.41. The third-order valence-electron chi connectivity index (χ3n) is 9.82. The number of hydrogen-bond acceptors (Lipinski definition) is 7. The molecule has 3 aromatic heterocycles. The summed E-state index contributed by atoms with van der Waals surface area (Å²) in [4.78, 5) is 16.9. The van der Waals surface area contributed by atoms with E-state index < -0.39 is 0 Å². The Morgan fingerprint density at radius 3 is 2.59 bits per heavy atom. The lowest BCUT2D eigenvalue weighted by atomic mass is 9.91. The molecule has 0 N–H and O–H groups in total. The first-order chi connectivity index (χ1) is 23.7. The maximum atomic E-state index is 13.5. The summed E-state index contributed by atoms with van der Waals surface area (Å²) in [7, 11) is 7.62. The summed E-state index contributed by atoms with van der Waals surface area (Å²) in [5.41, 5.74) is 10.3. The molecule has 0 amide bonds. The molecule has 6 aromatic rings. The standard InChI is InChI=1S/C39H44N6O3S/c1-8-26-14-15-33-35-24(2)38(39(46)47-7)45(33)16-11-17-48-34-20-30(18-27-12-9-10-13-31(27)34)49-23-29-19-28(40-44(29)6)21-42(4)22-32-36(37(26)35)25(3)43(5)41-32/h9-10,12-15,18-20H,8,11,16-17,21-23H2,1-7H3. The molecule has 10 heteroatoms. The van der Waals surface area contributed by atoms with Gasteiger partial charge in [-0.05, 0) is 80.1 Å². The number of fused-ring (bicyclic) bond motifs is 8. The van der Waals surface area contributed by atoms with E-state index in [9.17, 15) is 4.79 Å². The number of methoxy groups -OCH3 is 1. The zero-order chi connectivity index (χ0) is 34.4. The summed E-state index contributed by atoms with van der Waals surface area (Å²) in [6.45, 7) is 8.82. The molecule has 0 radical (unpaired) electrons. The van der Waals surface area contributed by atoms with Crippen molar-refractivity contribution in [1.29, 1.82) is 0 Å². The van der Waals surface area contributed by atoms with Crippen molar-refractivity contribution in [3.63, 3.8) is 0 Å². The normalized spacial score (nSPS) is 14.5. The van der Waals surface area contributed by atoms with Crippen molar-refractivity contribution in [3.8, 4) is 16.9 Å². The Labute approximate surface area is 291 Å². The number of rotatable bonds is 2. The number of carbonyl (C=O) groups is 1. The van der Waals surface area contributed by atoms with Crippen LogP contribution >= 0.6 is 11.8 Å². The molecule has 0 unspecified atom stereocenters. The van der Waals surface area contributed by atoms with Gasteiger partial charge in [-0.25, -0.2) is 4.79 Å². The number of benzene rings is 3. The fourth-order valence-electron chi connectivity index (χ4n) is 7.35. The van der Waals surface area contributed by atoms with Gasteiger partial charge in [0.2, 0.25) is 0 Å². The Morgan fingerprint density at radius 2 is 1.80 bits per heavy atom. The van der Waals surface area contributed by atoms with E-state index in [4.69, 9.17) is 19.7 Å². The van der Waals surface area contributed by atoms with Gasteiger partial charge in [-0.2, -0.15) is 10.2 Å². The van der Waals surface area contributed by atoms with Crippen molar-refractivity contribution in [2.75, 3.05) is 20.8 Å². The van der Waals surface area contributed by atoms with Crippen LogP contribution in [0.5, 0.6) is 5.75 Å². The lowest BCUT2D eigenvalue weighted by Gasteiger charge is -2.17. The van der Waals surface area contributed by atoms with Crippen LogP contribution < -0.4 is 4.74 Å². The second-order valence-electron chi connectivity index (χ2n) is 13.1. The molecule has 1 aliphatic rings. The molecule has 0 atom stereocenters. The smallest absolute Gasteiger partial charge is 0.354 e. The quantitative estimate of drug-likeness (QED) is 0.175. The molecule has 3 aromatic carbocycles. The molecular formula is C39H44N6O3S. The zero-order valence-electron chi connectivity index (χ0n) is 29.5. The minimum Gasteiger partial charge on any atom is -0.493 e. The van der Waals surface area contributed by atoms with Gasteiger partial charge in [0.15, 0.2) is 0 Å². The lowest BCUT2D eigenvalue weighted by Crippen LogP contribution is -2.18. The second kappa shape index (κ2) is 13.4. The van der Waals surface area contributed by atoms with Gasteiger partial charge in [-0.3, -0.25) is 14.3 Å². The van der Waals surface area contributed by atoms with E-state index in [0.29, 0.717) is 38.4 Å². The van der Waals surface area contributed by atoms with Crippen molar-refractivity contribution in [2.24, 2.45) is 14.1 Å². The van der Waals surface area contributed by atoms with E-state index in [2.05, 4.69) is 91.9 Å². The Morgan fingerprint density at radius 1 is 0.980 bits per heavy atom. The Bertz CT molecular complexity index is 2210. The van der Waals surface area contributed by atoms with Gasteiger partial charge >= 0.3 is 5.97 Å². The Kier molecular flexibility index (Phi) is 9.02.